The highest BCUT2D eigenvalue weighted by molar-refractivity contribution is 7.40. The standard InChI is InChI=1S/C18H15ClSi.C13H13ClSi.C12H27ClSi.C8H11ClSi.C6H15ClSi.C5H13ClSi.C3H9ClSi/c19-20(16-10-4-1-5-11-16,17-12-6-2-7-13-17)18-14-8-3-9-15-18;1-15(14,12-8-4-2-5-9-12)13-10-6-3-7-11-13;1-10(2,3)14(13,11(4,5)6)12(7,8)9;1-10(2,9)8-6-4-3-5-7-8;1-6(2,3)8(4,5)7;1-5(2)7(3,4)6;1-5(2,3)4/h1-15H;2-11H,1H3;1-9H3;3-7H,1-2H3;1-5H3;5H,1-4H3;1-3H3. The molecule has 0 radical (unpaired) electrons. The van der Waals surface area contributed by atoms with E-state index in [9.17, 15) is 0 Å². The summed E-state index contributed by atoms with van der Waals surface area (Å²) in [4.78, 5) is 0. The minimum atomic E-state index is -2.41. The lowest BCUT2D eigenvalue weighted by Crippen LogP contribution is -2.62. The Morgan fingerprint density at radius 3 is 0.570 bits per heavy atom. The summed E-state index contributed by atoms with van der Waals surface area (Å²) in [6.45, 7) is 53.0. The molecule has 0 unspecified atom stereocenters. The maximum Gasteiger partial charge on any atom is 0.247 e. The van der Waals surface area contributed by atoms with Crippen LogP contribution in [0, 0.1) is 0 Å². The molecule has 0 atom stereocenters. The molecule has 79 heavy (non-hydrogen) atoms. The van der Waals surface area contributed by atoms with Crippen molar-refractivity contribution in [3.63, 3.8) is 0 Å². The second kappa shape index (κ2) is 33.0. The molecule has 0 heterocycles. The van der Waals surface area contributed by atoms with Gasteiger partial charge in [-0.2, -0.15) is 66.5 Å². The van der Waals surface area contributed by atoms with Gasteiger partial charge in [0.15, 0.2) is 29.5 Å². The van der Waals surface area contributed by atoms with Gasteiger partial charge in [0.1, 0.15) is 7.38 Å². The van der Waals surface area contributed by atoms with Crippen molar-refractivity contribution < 1.29 is 0 Å². The van der Waals surface area contributed by atoms with Crippen LogP contribution in [-0.2, 0) is 0 Å². The van der Waals surface area contributed by atoms with Crippen molar-refractivity contribution in [3.05, 3.63) is 182 Å². The number of rotatable bonds is 7. The molecule has 6 rings (SSSR count). The van der Waals surface area contributed by atoms with Gasteiger partial charge in [-0.15, -0.1) is 11.1 Å². The van der Waals surface area contributed by atoms with Gasteiger partial charge in [0.2, 0.25) is 14.8 Å². The number of hydrogen-bond acceptors (Lipinski definition) is 0. The smallest absolute Gasteiger partial charge is 0.168 e. The van der Waals surface area contributed by atoms with E-state index in [0.29, 0.717) is 10.6 Å². The Bertz CT molecular complexity index is 2340. The molecular weight excluding hydrogens is 1230 g/mol. The molecule has 0 amide bonds. The molecule has 6 aromatic rings. The highest BCUT2D eigenvalue weighted by Crippen LogP contribution is 2.64. The molecule has 0 N–H and O–H groups in total. The van der Waals surface area contributed by atoms with Crippen LogP contribution in [0.5, 0.6) is 0 Å². The molecule has 0 aliphatic rings. The Hall–Kier alpha value is -1.13. The van der Waals surface area contributed by atoms with Gasteiger partial charge < -0.3 is 0 Å². The van der Waals surface area contributed by atoms with Gasteiger partial charge in [0, 0.05) is 0 Å². The van der Waals surface area contributed by atoms with Crippen molar-refractivity contribution in [3.8, 4) is 0 Å². The van der Waals surface area contributed by atoms with Crippen molar-refractivity contribution in [2.45, 2.75) is 188 Å². The quantitative estimate of drug-likeness (QED) is 0.0849. The zero-order valence-corrected chi connectivity index (χ0v) is 65.3. The summed E-state index contributed by atoms with van der Waals surface area (Å²) in [7, 11) is -11.6. The molecule has 6 aromatic carbocycles. The third-order valence-corrected chi connectivity index (χ3v) is 46.3. The Morgan fingerprint density at radius 1 is 0.291 bits per heavy atom. The highest BCUT2D eigenvalue weighted by atomic mass is 35.6. The van der Waals surface area contributed by atoms with Crippen molar-refractivity contribution in [2.24, 2.45) is 0 Å². The van der Waals surface area contributed by atoms with Crippen LogP contribution in [-0.4, -0.2) is 51.7 Å². The molecule has 0 bridgehead atoms. The number of benzene rings is 6. The van der Waals surface area contributed by atoms with E-state index in [0.717, 1.165) is 0 Å². The molecular formula is C65H103Cl7Si7. The van der Waals surface area contributed by atoms with Crippen LogP contribution in [0.4, 0.5) is 0 Å². The molecule has 0 fully saturated rings. The fraction of sp³-hybridized carbons (Fsp3) is 0.446. The zero-order valence-electron chi connectivity index (χ0n) is 53.0. The topological polar surface area (TPSA) is 0 Å². The highest BCUT2D eigenvalue weighted by Gasteiger charge is 2.59. The van der Waals surface area contributed by atoms with Crippen LogP contribution in [0.25, 0.3) is 0 Å². The fourth-order valence-corrected chi connectivity index (χ4v) is 23.3. The van der Waals surface area contributed by atoms with Gasteiger partial charge in [-0.3, -0.25) is 0 Å². The maximum absolute atomic E-state index is 7.25. The van der Waals surface area contributed by atoms with Crippen molar-refractivity contribution >= 4 is 160 Å². The van der Waals surface area contributed by atoms with Crippen LogP contribution in [0.3, 0.4) is 0 Å². The number of halogens is 7. The molecule has 0 aliphatic heterocycles. The summed E-state index contributed by atoms with van der Waals surface area (Å²) in [5.41, 5.74) is 0.703. The van der Waals surface area contributed by atoms with E-state index in [1.165, 1.54) is 31.1 Å². The summed E-state index contributed by atoms with van der Waals surface area (Å²) in [6.07, 6.45) is 0. The van der Waals surface area contributed by atoms with E-state index in [4.69, 9.17) is 77.6 Å². The lowest BCUT2D eigenvalue weighted by atomic mass is 10.2. The normalized spacial score (nSPS) is 12.6. The van der Waals surface area contributed by atoms with Gasteiger partial charge >= 0.3 is 0 Å². The number of hydrogen-bond donors (Lipinski definition) is 0. The molecule has 14 heteroatoms. The third kappa shape index (κ3) is 27.6. The van der Waals surface area contributed by atoms with Crippen molar-refractivity contribution in [1.29, 1.82) is 0 Å². The summed E-state index contributed by atoms with van der Waals surface area (Å²) >= 11 is 45.1. The Morgan fingerprint density at radius 2 is 0.456 bits per heavy atom. The first kappa shape index (κ1) is 77.9. The summed E-state index contributed by atoms with van der Waals surface area (Å²) in [6, 6.07) is 62.3. The van der Waals surface area contributed by atoms with E-state index in [1.54, 1.807) is 0 Å². The zero-order chi connectivity index (χ0) is 61.8. The molecule has 0 nitrogen and oxygen atoms in total. The van der Waals surface area contributed by atoms with Crippen molar-refractivity contribution in [2.75, 3.05) is 0 Å². The summed E-state index contributed by atoms with van der Waals surface area (Å²) < 4.78 is 0. The first-order chi connectivity index (χ1) is 35.6. The molecule has 440 valence electrons. The van der Waals surface area contributed by atoms with E-state index in [-0.39, 0.29) is 15.1 Å². The van der Waals surface area contributed by atoms with E-state index >= 15 is 0 Å². The van der Waals surface area contributed by atoms with Crippen LogP contribution in [0.1, 0.15) is 96.9 Å². The third-order valence-electron chi connectivity index (χ3n) is 13.9. The minimum absolute atomic E-state index is 0.227. The first-order valence-corrected chi connectivity index (χ1v) is 53.9. The Balaban J connectivity index is 0.000000939. The molecule has 0 spiro atoms. The minimum Gasteiger partial charge on any atom is -0.168 e. The monoisotopic (exact) mass is 1320 g/mol. The fourth-order valence-electron chi connectivity index (χ4n) is 8.38. The predicted molar refractivity (Wildman–Crippen MR) is 390 cm³/mol. The van der Waals surface area contributed by atoms with Crippen molar-refractivity contribution in [1.82, 2.24) is 0 Å². The predicted octanol–water partition coefficient (Wildman–Crippen LogP) is 21.5. The maximum atomic E-state index is 7.25. The first-order valence-electron chi connectivity index (χ1n) is 27.7. The van der Waals surface area contributed by atoms with E-state index in [2.05, 4.69) is 272 Å². The van der Waals surface area contributed by atoms with E-state index in [1.807, 2.05) is 72.8 Å². The summed E-state index contributed by atoms with van der Waals surface area (Å²) in [5, 5.41) is 8.51. The van der Waals surface area contributed by atoms with Gasteiger partial charge in [0.05, 0.1) is 0 Å². The Labute approximate surface area is 525 Å². The average molecular weight is 1330 g/mol. The SMILES string of the molecule is CC(C)(C)[Si](C)(C)Cl.CC(C)(C)[Si](Cl)(C(C)(C)C)C(C)(C)C.CC(C)[Si](C)(C)Cl.C[Si](C)(C)Cl.C[Si](C)(Cl)c1ccccc1.C[Si](Cl)(c1ccccc1)c1ccccc1.Cl[Si](c1ccccc1)(c1ccccc1)c1ccccc1. The Kier molecular flexibility index (Phi) is 32.5. The van der Waals surface area contributed by atoms with Crippen LogP contribution in [0.15, 0.2) is 182 Å². The largest absolute Gasteiger partial charge is 0.247 e. The molecule has 0 aliphatic carbocycles. The van der Waals surface area contributed by atoms with Gasteiger partial charge in [-0.05, 0) is 63.4 Å². The van der Waals surface area contributed by atoms with Gasteiger partial charge in [-0.25, -0.2) is 0 Å². The second-order valence-electron chi connectivity index (χ2n) is 27.2. The molecule has 0 aromatic heterocycles. The average Bonchev–Trinajstić information content (AvgIpc) is 3.33. The lowest BCUT2D eigenvalue weighted by Gasteiger charge is -2.54. The van der Waals surface area contributed by atoms with Gasteiger partial charge in [-0.1, -0.05) is 338 Å². The molecule has 0 saturated heterocycles. The van der Waals surface area contributed by atoms with Crippen LogP contribution >= 0.6 is 77.6 Å². The van der Waals surface area contributed by atoms with E-state index < -0.39 is 51.7 Å². The lowest BCUT2D eigenvalue weighted by molar-refractivity contribution is 0.557. The van der Waals surface area contributed by atoms with Gasteiger partial charge in [0.25, 0.3) is 0 Å². The molecule has 0 saturated carbocycles. The van der Waals surface area contributed by atoms with Crippen LogP contribution < -0.4 is 31.1 Å². The second-order valence-corrected chi connectivity index (χ2v) is 73.3. The van der Waals surface area contributed by atoms with Crippen LogP contribution in [0.2, 0.25) is 91.2 Å². The summed E-state index contributed by atoms with van der Waals surface area (Å²) in [5.74, 6) is 0.